The van der Waals surface area contributed by atoms with Gasteiger partial charge in [0.2, 0.25) is 5.95 Å². The Kier molecular flexibility index (Phi) is 3.23. The van der Waals surface area contributed by atoms with Crippen LogP contribution in [0.2, 0.25) is 0 Å². The topological polar surface area (TPSA) is 113 Å². The second kappa shape index (κ2) is 4.83. The number of anilines is 2. The molecule has 2 aromatic heterocycles. The van der Waals surface area contributed by atoms with Crippen LogP contribution in [0.1, 0.15) is 20.3 Å². The van der Waals surface area contributed by atoms with Gasteiger partial charge in [-0.3, -0.25) is 5.10 Å². The summed E-state index contributed by atoms with van der Waals surface area (Å²) in [5.41, 5.74) is 0.105. The predicted octanol–water partition coefficient (Wildman–Crippen LogP) is 0.774. The Hall–Kier alpha value is -1.90. The molecule has 0 saturated carbocycles. The Morgan fingerprint density at radius 1 is 1.43 bits per heavy atom. The lowest BCUT2D eigenvalue weighted by molar-refractivity contribution is 0.572. The molecule has 0 spiro atoms. The quantitative estimate of drug-likeness (QED) is 0.764. The Morgan fingerprint density at radius 2 is 2.24 bits per heavy atom. The predicted molar refractivity (Wildman–Crippen MR) is 81.1 cm³/mol. The molecule has 9 heteroatoms. The van der Waals surface area contributed by atoms with Gasteiger partial charge in [-0.1, -0.05) is 0 Å². The first kappa shape index (κ1) is 14.1. The van der Waals surface area contributed by atoms with Crippen molar-refractivity contribution in [1.29, 1.82) is 0 Å². The molecule has 0 aromatic carbocycles. The molecule has 2 aromatic rings. The maximum Gasteiger partial charge on any atom is 0.226 e. The van der Waals surface area contributed by atoms with Gasteiger partial charge in [-0.25, -0.2) is 8.42 Å². The molecule has 1 atom stereocenters. The highest BCUT2D eigenvalue weighted by atomic mass is 32.2. The fourth-order valence-electron chi connectivity index (χ4n) is 2.56. The molecule has 1 aliphatic rings. The zero-order valence-electron chi connectivity index (χ0n) is 12.0. The number of nitrogens with zero attached hydrogens (tertiary/aromatic N) is 3. The number of hydrogen-bond acceptors (Lipinski definition) is 7. The number of aromatic amines is 1. The Labute approximate surface area is 122 Å². The molecule has 1 unspecified atom stereocenters. The standard InChI is InChI=1S/C12H18N6O2S/c1-3-13-11-15-9(8-6-14-18-10(8)16-11)17-12(2)4-5-21(19,20)7-12/h6H,3-5,7H2,1-2H3,(H3,13,14,15,16,17,18). The molecule has 3 heterocycles. The summed E-state index contributed by atoms with van der Waals surface area (Å²) in [6.07, 6.45) is 2.20. The van der Waals surface area contributed by atoms with Gasteiger partial charge in [-0.15, -0.1) is 0 Å². The van der Waals surface area contributed by atoms with E-state index in [1.54, 1.807) is 6.20 Å². The van der Waals surface area contributed by atoms with Crippen molar-refractivity contribution in [3.8, 4) is 0 Å². The van der Waals surface area contributed by atoms with Gasteiger partial charge in [0.25, 0.3) is 0 Å². The number of hydrogen-bond donors (Lipinski definition) is 3. The molecule has 1 fully saturated rings. The average Bonchev–Trinajstić information content (AvgIpc) is 2.94. The molecule has 8 nitrogen and oxygen atoms in total. The van der Waals surface area contributed by atoms with Crippen molar-refractivity contribution in [3.05, 3.63) is 6.20 Å². The van der Waals surface area contributed by atoms with E-state index < -0.39 is 15.4 Å². The van der Waals surface area contributed by atoms with E-state index in [0.29, 0.717) is 30.4 Å². The monoisotopic (exact) mass is 310 g/mol. The van der Waals surface area contributed by atoms with Crippen molar-refractivity contribution in [2.45, 2.75) is 25.8 Å². The van der Waals surface area contributed by atoms with Crippen molar-refractivity contribution in [1.82, 2.24) is 20.2 Å². The summed E-state index contributed by atoms with van der Waals surface area (Å²) in [6.45, 7) is 4.56. The van der Waals surface area contributed by atoms with E-state index in [1.807, 2.05) is 13.8 Å². The second-order valence-corrected chi connectivity index (χ2v) is 7.77. The number of aromatic nitrogens is 4. The van der Waals surface area contributed by atoms with Crippen LogP contribution in [0.15, 0.2) is 6.20 Å². The van der Waals surface area contributed by atoms with Crippen LogP contribution in [-0.4, -0.2) is 52.2 Å². The van der Waals surface area contributed by atoms with E-state index in [0.717, 1.165) is 5.39 Å². The van der Waals surface area contributed by atoms with Crippen LogP contribution in [0.5, 0.6) is 0 Å². The fourth-order valence-corrected chi connectivity index (χ4v) is 4.66. The SMILES string of the molecule is CCNc1nc(NC2(C)CCS(=O)(=O)C2)c2cn[nH]c2n1. The lowest BCUT2D eigenvalue weighted by Crippen LogP contribution is -2.36. The van der Waals surface area contributed by atoms with E-state index in [1.165, 1.54) is 0 Å². The molecule has 0 radical (unpaired) electrons. The summed E-state index contributed by atoms with van der Waals surface area (Å²) in [7, 11) is -2.98. The molecule has 3 rings (SSSR count). The van der Waals surface area contributed by atoms with E-state index >= 15 is 0 Å². The highest BCUT2D eigenvalue weighted by Gasteiger charge is 2.39. The molecule has 114 valence electrons. The van der Waals surface area contributed by atoms with Gasteiger partial charge in [0.15, 0.2) is 15.5 Å². The number of H-pyrrole nitrogens is 1. The van der Waals surface area contributed by atoms with Crippen LogP contribution in [0.25, 0.3) is 11.0 Å². The summed E-state index contributed by atoms with van der Waals surface area (Å²) in [4.78, 5) is 8.74. The van der Waals surface area contributed by atoms with Crippen LogP contribution >= 0.6 is 0 Å². The minimum atomic E-state index is -2.98. The lowest BCUT2D eigenvalue weighted by Gasteiger charge is -2.25. The zero-order valence-corrected chi connectivity index (χ0v) is 12.8. The first-order chi connectivity index (χ1) is 9.91. The van der Waals surface area contributed by atoms with Gasteiger partial charge < -0.3 is 10.6 Å². The number of sulfone groups is 1. The van der Waals surface area contributed by atoms with Crippen LogP contribution in [0.4, 0.5) is 11.8 Å². The van der Waals surface area contributed by atoms with Gasteiger partial charge in [0, 0.05) is 6.54 Å². The minimum absolute atomic E-state index is 0.111. The van der Waals surface area contributed by atoms with Crippen LogP contribution in [-0.2, 0) is 9.84 Å². The van der Waals surface area contributed by atoms with Gasteiger partial charge in [-0.05, 0) is 20.3 Å². The fraction of sp³-hybridized carbons (Fsp3) is 0.583. The number of rotatable bonds is 4. The van der Waals surface area contributed by atoms with Crippen molar-refractivity contribution < 1.29 is 8.42 Å². The van der Waals surface area contributed by atoms with Crippen LogP contribution in [0.3, 0.4) is 0 Å². The van der Waals surface area contributed by atoms with Crippen molar-refractivity contribution in [3.63, 3.8) is 0 Å². The minimum Gasteiger partial charge on any atom is -0.363 e. The molecular formula is C12H18N6O2S. The zero-order chi connectivity index (χ0) is 15.1. The van der Waals surface area contributed by atoms with Crippen molar-refractivity contribution in [2.24, 2.45) is 0 Å². The lowest BCUT2D eigenvalue weighted by atomic mass is 10.0. The molecule has 3 N–H and O–H groups in total. The summed E-state index contributed by atoms with van der Waals surface area (Å²) in [5, 5.41) is 13.9. The van der Waals surface area contributed by atoms with E-state index in [2.05, 4.69) is 30.8 Å². The molecular weight excluding hydrogens is 292 g/mol. The van der Waals surface area contributed by atoms with Crippen molar-refractivity contribution in [2.75, 3.05) is 28.7 Å². The maximum atomic E-state index is 11.7. The molecule has 0 bridgehead atoms. The van der Waals surface area contributed by atoms with Gasteiger partial charge in [-0.2, -0.15) is 15.1 Å². The molecule has 0 aliphatic carbocycles. The van der Waals surface area contributed by atoms with Crippen LogP contribution in [0, 0.1) is 0 Å². The first-order valence-corrected chi connectivity index (χ1v) is 8.66. The van der Waals surface area contributed by atoms with E-state index in [9.17, 15) is 8.42 Å². The van der Waals surface area contributed by atoms with E-state index in [-0.39, 0.29) is 11.5 Å². The normalized spacial score (nSPS) is 24.3. The Morgan fingerprint density at radius 3 is 2.90 bits per heavy atom. The molecule has 21 heavy (non-hydrogen) atoms. The summed E-state index contributed by atoms with van der Waals surface area (Å²) in [5.74, 6) is 1.40. The van der Waals surface area contributed by atoms with Gasteiger partial charge in [0.1, 0.15) is 5.82 Å². The third-order valence-electron chi connectivity index (χ3n) is 3.57. The van der Waals surface area contributed by atoms with Gasteiger partial charge in [0.05, 0.1) is 28.6 Å². The highest BCUT2D eigenvalue weighted by Crippen LogP contribution is 2.29. The third-order valence-corrected chi connectivity index (χ3v) is 5.47. The second-order valence-electron chi connectivity index (χ2n) is 5.59. The van der Waals surface area contributed by atoms with E-state index in [4.69, 9.17) is 0 Å². The highest BCUT2D eigenvalue weighted by molar-refractivity contribution is 7.91. The number of nitrogens with one attached hydrogen (secondary N) is 3. The first-order valence-electron chi connectivity index (χ1n) is 6.84. The Bertz CT molecular complexity index is 771. The van der Waals surface area contributed by atoms with Crippen molar-refractivity contribution >= 4 is 32.6 Å². The average molecular weight is 310 g/mol. The summed E-state index contributed by atoms with van der Waals surface area (Å²) >= 11 is 0. The smallest absolute Gasteiger partial charge is 0.226 e. The summed E-state index contributed by atoms with van der Waals surface area (Å²) < 4.78 is 23.4. The third kappa shape index (κ3) is 2.78. The van der Waals surface area contributed by atoms with Gasteiger partial charge >= 0.3 is 0 Å². The van der Waals surface area contributed by atoms with Crippen LogP contribution < -0.4 is 10.6 Å². The summed E-state index contributed by atoms with van der Waals surface area (Å²) in [6, 6.07) is 0. The largest absolute Gasteiger partial charge is 0.363 e. The Balaban J connectivity index is 1.98. The molecule has 0 amide bonds. The maximum absolute atomic E-state index is 11.7. The molecule has 1 saturated heterocycles. The molecule has 1 aliphatic heterocycles. The number of fused-ring (bicyclic) bond motifs is 1.